The average Bonchev–Trinajstić information content (AvgIpc) is 3.00. The second-order valence-corrected chi connectivity index (χ2v) is 16.5. The minimum atomic E-state index is 0. The molecule has 0 fully saturated rings. The van der Waals surface area contributed by atoms with Gasteiger partial charge in [0.25, 0.3) is 0 Å². The van der Waals surface area contributed by atoms with Crippen LogP contribution in [0, 0.1) is 0 Å². The van der Waals surface area contributed by atoms with E-state index in [0.717, 1.165) is 58.0 Å². The maximum Gasteiger partial charge on any atom is 0.0836 e. The molecule has 0 amide bonds. The molecule has 0 radical (unpaired) electrons. The third-order valence-electron chi connectivity index (χ3n) is 8.99. The van der Waals surface area contributed by atoms with Crippen LogP contribution in [-0.2, 0) is 0 Å². The van der Waals surface area contributed by atoms with Crippen LogP contribution in [-0.4, -0.2) is 76.4 Å². The lowest BCUT2D eigenvalue weighted by Crippen LogP contribution is -3.00. The number of halogens is 4. The molecular formula is C37H44Br2Cl2N4S2. The number of anilines is 4. The summed E-state index contributed by atoms with van der Waals surface area (Å²) in [6.07, 6.45) is 3.46. The Hall–Kier alpha value is -1.36. The molecule has 0 N–H and O–H groups in total. The van der Waals surface area contributed by atoms with E-state index in [2.05, 4.69) is 111 Å². The van der Waals surface area contributed by atoms with Crippen molar-refractivity contribution in [3.63, 3.8) is 0 Å². The lowest BCUT2D eigenvalue weighted by molar-refractivity contribution is -0.909. The third-order valence-corrected chi connectivity index (χ3v) is 11.7. The van der Waals surface area contributed by atoms with Gasteiger partial charge in [0.15, 0.2) is 0 Å². The fourth-order valence-corrected chi connectivity index (χ4v) is 9.04. The molecule has 0 atom stereocenters. The number of nitrogens with zero attached hydrogens (tertiary/aromatic N) is 4. The lowest BCUT2D eigenvalue weighted by Gasteiger charge is -2.36. The minimum absolute atomic E-state index is 0. The largest absolute Gasteiger partial charge is 1.00 e. The molecule has 4 nitrogen and oxygen atoms in total. The molecule has 0 saturated heterocycles. The van der Waals surface area contributed by atoms with Gasteiger partial charge in [0.05, 0.1) is 77.1 Å². The zero-order chi connectivity index (χ0) is 31.6. The molecule has 6 rings (SSSR count). The number of fused-ring (bicyclic) bond motifs is 4. The van der Waals surface area contributed by atoms with Crippen LogP contribution >= 0.6 is 46.7 Å². The van der Waals surface area contributed by atoms with Crippen LogP contribution in [0.5, 0.6) is 0 Å². The fraction of sp³-hybridized carbons (Fsp3) is 0.351. The Labute approximate surface area is 321 Å². The summed E-state index contributed by atoms with van der Waals surface area (Å²) in [5.41, 5.74) is 5.04. The molecule has 4 aromatic rings. The van der Waals surface area contributed by atoms with Crippen LogP contribution in [0.15, 0.2) is 105 Å². The zero-order valence-corrected chi connectivity index (χ0v) is 33.9. The predicted octanol–water partition coefficient (Wildman–Crippen LogP) is 4.23. The van der Waals surface area contributed by atoms with Crippen molar-refractivity contribution < 1.29 is 42.9 Å². The van der Waals surface area contributed by atoms with E-state index in [1.54, 1.807) is 0 Å². The first-order valence-corrected chi connectivity index (χ1v) is 18.3. The molecule has 2 heterocycles. The highest BCUT2D eigenvalue weighted by Crippen LogP contribution is 2.50. The van der Waals surface area contributed by atoms with Crippen molar-refractivity contribution in [3.05, 3.63) is 95.0 Å². The highest BCUT2D eigenvalue weighted by molar-refractivity contribution is 8.00. The van der Waals surface area contributed by atoms with Gasteiger partial charge in [-0.15, -0.1) is 0 Å². The Morgan fingerprint density at radius 1 is 0.489 bits per heavy atom. The second kappa shape index (κ2) is 16.6. The number of benzene rings is 4. The molecule has 2 aliphatic rings. The van der Waals surface area contributed by atoms with E-state index >= 15 is 0 Å². The van der Waals surface area contributed by atoms with Gasteiger partial charge in [-0.3, -0.25) is 0 Å². The number of para-hydroxylation sites is 2. The highest BCUT2D eigenvalue weighted by Gasteiger charge is 2.27. The maximum absolute atomic E-state index is 6.44. The predicted molar refractivity (Wildman–Crippen MR) is 196 cm³/mol. The molecule has 4 aromatic carbocycles. The molecule has 0 aliphatic carbocycles. The van der Waals surface area contributed by atoms with Crippen molar-refractivity contribution in [2.24, 2.45) is 0 Å². The van der Waals surface area contributed by atoms with Gasteiger partial charge in [0.2, 0.25) is 0 Å². The van der Waals surface area contributed by atoms with Crippen LogP contribution in [0.1, 0.15) is 19.3 Å². The molecule has 0 spiro atoms. The van der Waals surface area contributed by atoms with Crippen molar-refractivity contribution in [1.29, 1.82) is 0 Å². The minimum Gasteiger partial charge on any atom is -1.00 e. The summed E-state index contributed by atoms with van der Waals surface area (Å²) in [4.78, 5) is 10.1. The Bertz CT molecular complexity index is 1550. The summed E-state index contributed by atoms with van der Waals surface area (Å²) in [5.74, 6) is 0. The van der Waals surface area contributed by atoms with Gasteiger partial charge < -0.3 is 52.7 Å². The smallest absolute Gasteiger partial charge is 0.0836 e. The van der Waals surface area contributed by atoms with Crippen LogP contribution in [0.4, 0.5) is 22.7 Å². The van der Waals surface area contributed by atoms with Crippen LogP contribution in [0.2, 0.25) is 10.0 Å². The molecule has 47 heavy (non-hydrogen) atoms. The maximum atomic E-state index is 6.44. The number of hydrogen-bond acceptors (Lipinski definition) is 4. The molecule has 2 aliphatic heterocycles. The zero-order valence-electron chi connectivity index (χ0n) is 27.6. The number of hydrogen-bond donors (Lipinski definition) is 0. The van der Waals surface area contributed by atoms with Gasteiger partial charge in [-0.1, -0.05) is 71.0 Å². The summed E-state index contributed by atoms with van der Waals surface area (Å²) < 4.78 is 2.07. The van der Waals surface area contributed by atoms with Crippen LogP contribution in [0.25, 0.3) is 0 Å². The van der Waals surface area contributed by atoms with Crippen LogP contribution < -0.4 is 43.8 Å². The standard InChI is InChI=1S/C37H44Cl2N4S2.2BrH/c1-42(2,22-9-20-40-30-12-5-7-14-34(30)44-36-18-16-28(38)26-32(36)40)24-11-25-43(3,4)23-10-21-41-31-13-6-8-15-35(31)45-37-19-17-29(39)27-33(37)41;;/h5-8,12-19,26-27H,9-11,20-25H2,1-4H3;2*1H/q+2;;/p-2. The molecular weight excluding hydrogens is 795 g/mol. The first-order chi connectivity index (χ1) is 21.6. The third kappa shape index (κ3) is 9.46. The van der Waals surface area contributed by atoms with Gasteiger partial charge in [-0.25, -0.2) is 0 Å². The highest BCUT2D eigenvalue weighted by atomic mass is 79.9. The van der Waals surface area contributed by atoms with E-state index in [4.69, 9.17) is 23.2 Å². The number of rotatable bonds is 12. The summed E-state index contributed by atoms with van der Waals surface area (Å²) in [6.45, 7) is 6.62. The average molecular weight is 840 g/mol. The molecule has 0 bridgehead atoms. The van der Waals surface area contributed by atoms with Crippen molar-refractivity contribution in [2.75, 3.05) is 77.3 Å². The summed E-state index contributed by atoms with van der Waals surface area (Å²) in [5, 5.41) is 1.59. The van der Waals surface area contributed by atoms with Crippen molar-refractivity contribution >= 4 is 69.5 Å². The van der Waals surface area contributed by atoms with Crippen molar-refractivity contribution in [1.82, 2.24) is 0 Å². The van der Waals surface area contributed by atoms with Crippen LogP contribution in [0.3, 0.4) is 0 Å². The second-order valence-electron chi connectivity index (χ2n) is 13.5. The quantitative estimate of drug-likeness (QED) is 0.197. The van der Waals surface area contributed by atoms with E-state index in [1.165, 1.54) is 61.8 Å². The molecule has 0 aromatic heterocycles. The van der Waals surface area contributed by atoms with Gasteiger partial charge >= 0.3 is 0 Å². The fourth-order valence-electron chi connectivity index (χ4n) is 6.55. The van der Waals surface area contributed by atoms with Crippen molar-refractivity contribution in [3.8, 4) is 0 Å². The first kappa shape index (κ1) is 38.4. The monoisotopic (exact) mass is 836 g/mol. The molecule has 0 unspecified atom stereocenters. The number of quaternary nitrogens is 2. The summed E-state index contributed by atoms with van der Waals surface area (Å²) in [7, 11) is 9.55. The molecule has 10 heteroatoms. The topological polar surface area (TPSA) is 6.48 Å². The van der Waals surface area contributed by atoms with E-state index in [9.17, 15) is 0 Å². The lowest BCUT2D eigenvalue weighted by atomic mass is 10.2. The van der Waals surface area contributed by atoms with Gasteiger partial charge in [0.1, 0.15) is 0 Å². The van der Waals surface area contributed by atoms with Gasteiger partial charge in [-0.2, -0.15) is 0 Å². The first-order valence-electron chi connectivity index (χ1n) is 15.9. The van der Waals surface area contributed by atoms with E-state index in [-0.39, 0.29) is 34.0 Å². The van der Waals surface area contributed by atoms with E-state index < -0.39 is 0 Å². The Balaban J connectivity index is 0.00000250. The normalized spacial score (nSPS) is 13.5. The summed E-state index contributed by atoms with van der Waals surface area (Å²) in [6, 6.07) is 30.0. The van der Waals surface area contributed by atoms with E-state index in [1.807, 2.05) is 35.7 Å². The molecule has 0 saturated carbocycles. The van der Waals surface area contributed by atoms with Gasteiger partial charge in [-0.05, 0) is 60.7 Å². The Morgan fingerprint density at radius 3 is 1.28 bits per heavy atom. The SMILES string of the molecule is C[N+](C)(CCCN1c2ccccc2Sc2ccc(Cl)cc21)CCC[N+](C)(C)CCCN1c2ccccc2Sc2ccc(Cl)cc21.[Br-].[Br-]. The Kier molecular flexibility index (Phi) is 13.5. The van der Waals surface area contributed by atoms with E-state index in [0.29, 0.717) is 0 Å². The Morgan fingerprint density at radius 2 is 0.851 bits per heavy atom. The molecule has 252 valence electrons. The van der Waals surface area contributed by atoms with Gasteiger partial charge in [0, 0.05) is 62.0 Å². The summed E-state index contributed by atoms with van der Waals surface area (Å²) >= 11 is 16.6. The van der Waals surface area contributed by atoms with Crippen molar-refractivity contribution in [2.45, 2.75) is 38.8 Å².